The van der Waals surface area contributed by atoms with Gasteiger partial charge in [-0.3, -0.25) is 4.79 Å². The summed E-state index contributed by atoms with van der Waals surface area (Å²) in [6.07, 6.45) is 2.77. The summed E-state index contributed by atoms with van der Waals surface area (Å²) in [5.41, 5.74) is 0.383. The van der Waals surface area contributed by atoms with Crippen molar-refractivity contribution in [1.82, 2.24) is 9.97 Å². The fraction of sp³-hybridized carbons (Fsp3) is 0.200. The molecule has 0 aliphatic rings. The van der Waals surface area contributed by atoms with E-state index < -0.39 is 11.4 Å². The third kappa shape index (κ3) is 6.08. The first-order valence-corrected chi connectivity index (χ1v) is 9.54. The van der Waals surface area contributed by atoms with Crippen LogP contribution in [-0.2, 0) is 10.5 Å². The highest BCUT2D eigenvalue weighted by Gasteiger charge is 2.12. The molecule has 0 saturated heterocycles. The van der Waals surface area contributed by atoms with Gasteiger partial charge in [0.1, 0.15) is 23.5 Å². The van der Waals surface area contributed by atoms with E-state index in [1.54, 1.807) is 36.5 Å². The summed E-state index contributed by atoms with van der Waals surface area (Å²) in [6, 6.07) is 9.86. The van der Waals surface area contributed by atoms with Crippen LogP contribution in [0.25, 0.3) is 0 Å². The van der Waals surface area contributed by atoms with Gasteiger partial charge in [-0.15, -0.1) is 0 Å². The maximum absolute atomic E-state index is 12.2. The Bertz CT molecular complexity index is 1050. The number of hydrogen-bond acceptors (Lipinski definition) is 9. The molecule has 9 heteroatoms. The Labute approximate surface area is 170 Å². The molecule has 0 atom stereocenters. The molecule has 0 fully saturated rings. The number of aryl methyl sites for hydroxylation is 1. The summed E-state index contributed by atoms with van der Waals surface area (Å²) in [5.74, 6) is 0.893. The lowest BCUT2D eigenvalue weighted by Gasteiger charge is -2.07. The zero-order valence-electron chi connectivity index (χ0n) is 15.8. The lowest BCUT2D eigenvalue weighted by molar-refractivity contribution is -0.136. The van der Waals surface area contributed by atoms with Crippen molar-refractivity contribution in [3.8, 4) is 17.2 Å². The van der Waals surface area contributed by atoms with E-state index in [0.717, 1.165) is 12.0 Å². The molecule has 3 aromatic rings. The van der Waals surface area contributed by atoms with E-state index in [-0.39, 0.29) is 12.4 Å². The van der Waals surface area contributed by atoms with Crippen LogP contribution in [0.4, 0.5) is 0 Å². The fourth-order valence-corrected chi connectivity index (χ4v) is 2.97. The van der Waals surface area contributed by atoms with E-state index in [9.17, 15) is 9.59 Å². The smallest absolute Gasteiger partial charge is 0.349 e. The van der Waals surface area contributed by atoms with Gasteiger partial charge in [0.15, 0.2) is 11.8 Å². The van der Waals surface area contributed by atoms with E-state index in [0.29, 0.717) is 28.2 Å². The number of esters is 1. The molecule has 2 heterocycles. The maximum Gasteiger partial charge on any atom is 0.349 e. The number of hydrogen-bond donors (Lipinski definition) is 0. The van der Waals surface area contributed by atoms with Crippen molar-refractivity contribution in [1.29, 1.82) is 0 Å². The minimum Gasteiger partial charge on any atom is -0.497 e. The zero-order chi connectivity index (χ0) is 20.6. The lowest BCUT2D eigenvalue weighted by atomic mass is 10.3. The summed E-state index contributed by atoms with van der Waals surface area (Å²) < 4.78 is 20.8. The molecule has 1 aromatic carbocycles. The molecule has 0 bridgehead atoms. The molecule has 0 saturated carbocycles. The summed E-state index contributed by atoms with van der Waals surface area (Å²) in [4.78, 5) is 32.5. The molecule has 3 rings (SSSR count). The molecule has 0 N–H and O–H groups in total. The van der Waals surface area contributed by atoms with E-state index >= 15 is 0 Å². The van der Waals surface area contributed by atoms with E-state index in [2.05, 4.69) is 9.97 Å². The van der Waals surface area contributed by atoms with Gasteiger partial charge in [0.2, 0.25) is 11.2 Å². The van der Waals surface area contributed by atoms with Crippen LogP contribution in [0.15, 0.2) is 63.2 Å². The Morgan fingerprint density at radius 2 is 2.03 bits per heavy atom. The van der Waals surface area contributed by atoms with Gasteiger partial charge in [-0.1, -0.05) is 17.8 Å². The molecule has 0 aliphatic heterocycles. The molecule has 29 heavy (non-hydrogen) atoms. The van der Waals surface area contributed by atoms with Crippen LogP contribution in [0.1, 0.15) is 11.5 Å². The summed E-state index contributed by atoms with van der Waals surface area (Å²) in [7, 11) is 1.53. The van der Waals surface area contributed by atoms with Crippen LogP contribution in [0.3, 0.4) is 0 Å². The molecule has 2 aromatic heterocycles. The first-order valence-electron chi connectivity index (χ1n) is 8.55. The van der Waals surface area contributed by atoms with Gasteiger partial charge in [-0.25, -0.2) is 14.8 Å². The molecule has 0 unspecified atom stereocenters. The number of ether oxygens (including phenoxy) is 3. The molecule has 8 nitrogen and oxygen atoms in total. The topological polar surface area (TPSA) is 101 Å². The molecular formula is C20H18N2O6S. The lowest BCUT2D eigenvalue weighted by Crippen LogP contribution is -2.20. The van der Waals surface area contributed by atoms with Crippen LogP contribution in [0.5, 0.6) is 17.2 Å². The highest BCUT2D eigenvalue weighted by atomic mass is 32.2. The average molecular weight is 414 g/mol. The van der Waals surface area contributed by atoms with Gasteiger partial charge in [-0.05, 0) is 25.1 Å². The SMILES string of the molecule is COc1cccc(OCC(=O)Oc2coc(CSc3nccc(C)n3)cc2=O)c1. The largest absolute Gasteiger partial charge is 0.497 e. The Hall–Kier alpha value is -3.33. The van der Waals surface area contributed by atoms with E-state index in [4.69, 9.17) is 18.6 Å². The van der Waals surface area contributed by atoms with Crippen molar-refractivity contribution < 1.29 is 23.4 Å². The standard InChI is InChI=1S/C20H18N2O6S/c1-13-6-7-21-20(22-13)29-12-16-9-17(23)18(10-26-16)28-19(24)11-27-15-5-3-4-14(8-15)25-2/h3-10H,11-12H2,1-2H3. The average Bonchev–Trinajstić information content (AvgIpc) is 2.73. The number of benzene rings is 1. The summed E-state index contributed by atoms with van der Waals surface area (Å²) in [5, 5.41) is 0.581. The van der Waals surface area contributed by atoms with Crippen molar-refractivity contribution in [3.05, 3.63) is 70.5 Å². The third-order valence-electron chi connectivity index (χ3n) is 3.59. The Kier molecular flexibility index (Phi) is 6.85. The molecule has 0 spiro atoms. The van der Waals surface area contributed by atoms with Crippen molar-refractivity contribution in [2.75, 3.05) is 13.7 Å². The first kappa shape index (κ1) is 20.4. The Morgan fingerprint density at radius 1 is 1.21 bits per heavy atom. The normalized spacial score (nSPS) is 10.4. The van der Waals surface area contributed by atoms with Crippen molar-refractivity contribution in [2.45, 2.75) is 17.8 Å². The first-order chi connectivity index (χ1) is 14.0. The molecule has 150 valence electrons. The van der Waals surface area contributed by atoms with Crippen LogP contribution >= 0.6 is 11.8 Å². The van der Waals surface area contributed by atoms with Gasteiger partial charge in [0.25, 0.3) is 0 Å². The fourth-order valence-electron chi connectivity index (χ4n) is 2.21. The van der Waals surface area contributed by atoms with Gasteiger partial charge in [-0.2, -0.15) is 0 Å². The van der Waals surface area contributed by atoms with Crippen molar-refractivity contribution in [3.63, 3.8) is 0 Å². The predicted molar refractivity (Wildman–Crippen MR) is 105 cm³/mol. The summed E-state index contributed by atoms with van der Waals surface area (Å²) in [6.45, 7) is 1.50. The van der Waals surface area contributed by atoms with Crippen LogP contribution < -0.4 is 19.6 Å². The van der Waals surface area contributed by atoms with Gasteiger partial charge < -0.3 is 18.6 Å². The van der Waals surface area contributed by atoms with E-state index in [1.807, 2.05) is 6.92 Å². The minimum atomic E-state index is -0.726. The third-order valence-corrected chi connectivity index (χ3v) is 4.47. The Balaban J connectivity index is 1.54. The highest BCUT2D eigenvalue weighted by molar-refractivity contribution is 7.98. The number of methoxy groups -OCH3 is 1. The molecule has 0 amide bonds. The summed E-state index contributed by atoms with van der Waals surface area (Å²) >= 11 is 1.33. The number of carbonyl (C=O) groups excluding carboxylic acids is 1. The number of thioether (sulfide) groups is 1. The highest BCUT2D eigenvalue weighted by Crippen LogP contribution is 2.20. The monoisotopic (exact) mass is 414 g/mol. The van der Waals surface area contributed by atoms with Gasteiger partial charge in [0, 0.05) is 24.0 Å². The van der Waals surface area contributed by atoms with Gasteiger partial charge >= 0.3 is 5.97 Å². The predicted octanol–water partition coefficient (Wildman–Crippen LogP) is 3.02. The molecular weight excluding hydrogens is 396 g/mol. The minimum absolute atomic E-state index is 0.204. The molecule has 0 radical (unpaired) electrons. The van der Waals surface area contributed by atoms with Crippen LogP contribution in [0.2, 0.25) is 0 Å². The van der Waals surface area contributed by atoms with Crippen molar-refractivity contribution in [2.24, 2.45) is 0 Å². The Morgan fingerprint density at radius 3 is 2.79 bits per heavy atom. The second-order valence-corrected chi connectivity index (χ2v) is 6.73. The van der Waals surface area contributed by atoms with E-state index in [1.165, 1.54) is 24.9 Å². The number of nitrogens with zero attached hydrogens (tertiary/aromatic N) is 2. The van der Waals surface area contributed by atoms with Gasteiger partial charge in [0.05, 0.1) is 12.9 Å². The second kappa shape index (κ2) is 9.74. The number of aromatic nitrogens is 2. The quantitative estimate of drug-likeness (QED) is 0.313. The number of rotatable bonds is 8. The van der Waals surface area contributed by atoms with Crippen LogP contribution in [0, 0.1) is 6.92 Å². The zero-order valence-corrected chi connectivity index (χ0v) is 16.6. The number of carbonyl (C=O) groups is 1. The molecule has 0 aliphatic carbocycles. The second-order valence-electron chi connectivity index (χ2n) is 5.79. The van der Waals surface area contributed by atoms with Crippen LogP contribution in [-0.4, -0.2) is 29.7 Å². The maximum atomic E-state index is 12.2. The van der Waals surface area contributed by atoms with Crippen molar-refractivity contribution >= 4 is 17.7 Å².